The molecule has 0 aliphatic heterocycles. The molecule has 28 heavy (non-hydrogen) atoms. The van der Waals surface area contributed by atoms with E-state index < -0.39 is 11.8 Å². The molecule has 0 radical (unpaired) electrons. The highest BCUT2D eigenvalue weighted by atomic mass is 32.1. The zero-order chi connectivity index (χ0) is 19.5. The number of hydrogen-bond acceptors (Lipinski definition) is 6. The van der Waals surface area contributed by atoms with E-state index in [9.17, 15) is 14.4 Å². The summed E-state index contributed by atoms with van der Waals surface area (Å²) in [7, 11) is 0. The normalized spacial score (nSPS) is 10.9. The van der Waals surface area contributed by atoms with Crippen molar-refractivity contribution in [2.45, 2.75) is 13.0 Å². The van der Waals surface area contributed by atoms with Gasteiger partial charge < -0.3 is 0 Å². The molecule has 0 saturated carbocycles. The fourth-order valence-corrected chi connectivity index (χ4v) is 3.44. The quantitative estimate of drug-likeness (QED) is 0.515. The summed E-state index contributed by atoms with van der Waals surface area (Å²) in [4.78, 5) is 45.6. The van der Waals surface area contributed by atoms with E-state index in [1.807, 2.05) is 18.2 Å². The third kappa shape index (κ3) is 3.60. The van der Waals surface area contributed by atoms with Gasteiger partial charge in [-0.25, -0.2) is 9.97 Å². The molecule has 0 spiro atoms. The van der Waals surface area contributed by atoms with Crippen molar-refractivity contribution in [3.05, 3.63) is 70.2 Å². The third-order valence-corrected chi connectivity index (χ3v) is 5.00. The first-order valence-electron chi connectivity index (χ1n) is 8.49. The van der Waals surface area contributed by atoms with Gasteiger partial charge in [-0.1, -0.05) is 24.3 Å². The van der Waals surface area contributed by atoms with Crippen molar-refractivity contribution in [2.24, 2.45) is 0 Å². The molecule has 4 rings (SSSR count). The third-order valence-electron chi connectivity index (χ3n) is 4.18. The fraction of sp³-hybridized carbons (Fsp3) is 0.105. The number of hydrogen-bond donors (Lipinski definition) is 2. The van der Waals surface area contributed by atoms with Crippen molar-refractivity contribution in [2.75, 3.05) is 0 Å². The summed E-state index contributed by atoms with van der Waals surface area (Å²) in [6.45, 7) is 0.160. The molecule has 0 saturated heterocycles. The van der Waals surface area contributed by atoms with Gasteiger partial charge in [-0.2, -0.15) is 0 Å². The van der Waals surface area contributed by atoms with E-state index in [2.05, 4.69) is 20.8 Å². The molecule has 2 amide bonds. The number of nitrogens with one attached hydrogen (secondary N) is 2. The molecule has 0 atom stereocenters. The van der Waals surface area contributed by atoms with Gasteiger partial charge in [-0.15, -0.1) is 11.3 Å². The first kappa shape index (κ1) is 17.8. The van der Waals surface area contributed by atoms with Gasteiger partial charge in [0.1, 0.15) is 10.5 Å². The van der Waals surface area contributed by atoms with E-state index in [0.717, 1.165) is 5.39 Å². The van der Waals surface area contributed by atoms with Crippen LogP contribution in [0.2, 0.25) is 0 Å². The highest BCUT2D eigenvalue weighted by molar-refractivity contribution is 7.16. The summed E-state index contributed by atoms with van der Waals surface area (Å²) < 4.78 is 1.38. The Morgan fingerprint density at radius 2 is 1.93 bits per heavy atom. The average molecular weight is 393 g/mol. The largest absolute Gasteiger partial charge is 0.298 e. The highest BCUT2D eigenvalue weighted by Gasteiger charge is 2.11. The SMILES string of the molecule is O=C(CCn1cnc2sccc2c1=O)NNC(=O)c1ccc2ccccc2n1. The van der Waals surface area contributed by atoms with Crippen LogP contribution >= 0.6 is 11.3 Å². The number of rotatable bonds is 4. The number of nitrogens with zero attached hydrogens (tertiary/aromatic N) is 3. The minimum atomic E-state index is -0.516. The van der Waals surface area contributed by atoms with Gasteiger partial charge >= 0.3 is 0 Å². The average Bonchev–Trinajstić information content (AvgIpc) is 3.21. The van der Waals surface area contributed by atoms with Crippen LogP contribution in [0.4, 0.5) is 0 Å². The summed E-state index contributed by atoms with van der Waals surface area (Å²) >= 11 is 1.39. The molecule has 3 heterocycles. The number of benzene rings is 1. The number of hydrazine groups is 1. The van der Waals surface area contributed by atoms with Crippen molar-refractivity contribution in [3.8, 4) is 0 Å². The molecule has 140 valence electrons. The zero-order valence-corrected chi connectivity index (χ0v) is 15.4. The summed E-state index contributed by atoms with van der Waals surface area (Å²) in [5.41, 5.74) is 5.37. The number of thiophene rings is 1. The minimum Gasteiger partial charge on any atom is -0.298 e. The van der Waals surface area contributed by atoms with E-state index in [-0.39, 0.29) is 24.2 Å². The van der Waals surface area contributed by atoms with E-state index >= 15 is 0 Å². The van der Waals surface area contributed by atoms with Crippen LogP contribution in [0.5, 0.6) is 0 Å². The summed E-state index contributed by atoms with van der Waals surface area (Å²) in [6, 6.07) is 12.5. The van der Waals surface area contributed by atoms with E-state index in [4.69, 9.17) is 0 Å². The molecule has 0 aliphatic rings. The van der Waals surface area contributed by atoms with Crippen molar-refractivity contribution < 1.29 is 9.59 Å². The summed E-state index contributed by atoms with van der Waals surface area (Å²) in [5.74, 6) is -0.941. The van der Waals surface area contributed by atoms with Gasteiger partial charge in [-0.05, 0) is 23.6 Å². The lowest BCUT2D eigenvalue weighted by atomic mass is 10.2. The highest BCUT2D eigenvalue weighted by Crippen LogP contribution is 2.13. The van der Waals surface area contributed by atoms with Crippen LogP contribution in [0.3, 0.4) is 0 Å². The maximum atomic E-state index is 12.3. The number of aromatic nitrogens is 3. The van der Waals surface area contributed by atoms with E-state index in [0.29, 0.717) is 15.7 Å². The van der Waals surface area contributed by atoms with Gasteiger partial charge in [0, 0.05) is 18.4 Å². The first-order chi connectivity index (χ1) is 13.6. The molecule has 8 nitrogen and oxygen atoms in total. The lowest BCUT2D eigenvalue weighted by Gasteiger charge is -2.08. The molecule has 4 aromatic rings. The Morgan fingerprint density at radius 3 is 2.82 bits per heavy atom. The number of para-hydroxylation sites is 1. The van der Waals surface area contributed by atoms with Crippen molar-refractivity contribution >= 4 is 44.3 Å². The van der Waals surface area contributed by atoms with E-state index in [1.54, 1.807) is 29.6 Å². The second-order valence-corrected chi connectivity index (χ2v) is 6.92. The number of aryl methyl sites for hydroxylation is 1. The van der Waals surface area contributed by atoms with Crippen LogP contribution in [0, 0.1) is 0 Å². The van der Waals surface area contributed by atoms with Crippen LogP contribution in [0.25, 0.3) is 21.1 Å². The number of fused-ring (bicyclic) bond motifs is 2. The van der Waals surface area contributed by atoms with Crippen LogP contribution in [0.1, 0.15) is 16.9 Å². The first-order valence-corrected chi connectivity index (χ1v) is 9.37. The Balaban J connectivity index is 1.35. The molecule has 0 unspecified atom stereocenters. The smallest absolute Gasteiger partial charge is 0.288 e. The Bertz CT molecular complexity index is 1250. The van der Waals surface area contributed by atoms with Gasteiger partial charge in [0.2, 0.25) is 5.91 Å². The maximum Gasteiger partial charge on any atom is 0.288 e. The summed E-state index contributed by atoms with van der Waals surface area (Å²) in [6.07, 6.45) is 1.44. The molecule has 1 aromatic carbocycles. The number of pyridine rings is 1. The van der Waals surface area contributed by atoms with Crippen LogP contribution in [0.15, 0.2) is 59.0 Å². The molecule has 0 bridgehead atoms. The summed E-state index contributed by atoms with van der Waals surface area (Å²) in [5, 5.41) is 3.25. The van der Waals surface area contributed by atoms with Gasteiger partial charge in [0.15, 0.2) is 0 Å². The predicted octanol–water partition coefficient (Wildman–Crippen LogP) is 1.86. The molecule has 0 aliphatic carbocycles. The Morgan fingerprint density at radius 1 is 1.07 bits per heavy atom. The Kier molecular flexibility index (Phi) is 4.81. The lowest BCUT2D eigenvalue weighted by Crippen LogP contribution is -2.42. The molecule has 2 N–H and O–H groups in total. The van der Waals surface area contributed by atoms with Crippen LogP contribution in [-0.2, 0) is 11.3 Å². The van der Waals surface area contributed by atoms with Crippen molar-refractivity contribution in [1.82, 2.24) is 25.4 Å². The van der Waals surface area contributed by atoms with Crippen molar-refractivity contribution in [1.29, 1.82) is 0 Å². The van der Waals surface area contributed by atoms with Crippen LogP contribution < -0.4 is 16.4 Å². The van der Waals surface area contributed by atoms with Crippen LogP contribution in [-0.4, -0.2) is 26.3 Å². The number of carbonyl (C=O) groups is 2. The monoisotopic (exact) mass is 393 g/mol. The molecular formula is C19H15N5O3S. The maximum absolute atomic E-state index is 12.3. The number of amides is 2. The van der Waals surface area contributed by atoms with Gasteiger partial charge in [0.05, 0.1) is 17.2 Å². The van der Waals surface area contributed by atoms with Gasteiger partial charge in [0.25, 0.3) is 11.5 Å². The fourth-order valence-electron chi connectivity index (χ4n) is 2.72. The molecule has 9 heteroatoms. The van der Waals surface area contributed by atoms with Gasteiger partial charge in [-0.3, -0.25) is 29.8 Å². The van der Waals surface area contributed by atoms with E-state index in [1.165, 1.54) is 22.2 Å². The predicted molar refractivity (Wildman–Crippen MR) is 106 cm³/mol. The second-order valence-electron chi connectivity index (χ2n) is 6.02. The molecule has 0 fully saturated rings. The Hall–Kier alpha value is -3.59. The van der Waals surface area contributed by atoms with Crippen molar-refractivity contribution in [3.63, 3.8) is 0 Å². The molecular weight excluding hydrogens is 378 g/mol. The topological polar surface area (TPSA) is 106 Å². The zero-order valence-electron chi connectivity index (χ0n) is 14.6. The Labute approximate surface area is 162 Å². The minimum absolute atomic E-state index is 0.0165. The molecule has 3 aromatic heterocycles. The second kappa shape index (κ2) is 7.57. The standard InChI is InChI=1S/C19H15N5O3S/c25-16(7-9-24-11-20-18-13(19(24)27)8-10-28-18)22-23-17(26)15-6-5-12-3-1-2-4-14(12)21-15/h1-6,8,10-11H,7,9H2,(H,22,25)(H,23,26). The number of carbonyl (C=O) groups excluding carboxylic acids is 2. The lowest BCUT2D eigenvalue weighted by molar-refractivity contribution is -0.122.